The lowest BCUT2D eigenvalue weighted by Crippen LogP contribution is -1.98. The molecule has 0 bridgehead atoms. The van der Waals surface area contributed by atoms with Gasteiger partial charge in [0.05, 0.1) is 7.11 Å². The molecule has 0 aromatic heterocycles. The molecule has 2 aromatic rings. The number of hydrogen-bond donors (Lipinski definition) is 2. The number of aryl methyl sites for hydroxylation is 1. The van der Waals surface area contributed by atoms with E-state index in [1.165, 1.54) is 0 Å². The van der Waals surface area contributed by atoms with Gasteiger partial charge in [-0.3, -0.25) is 0 Å². The molecule has 0 radical (unpaired) electrons. The van der Waals surface area contributed by atoms with Crippen molar-refractivity contribution in [1.82, 2.24) is 0 Å². The summed E-state index contributed by atoms with van der Waals surface area (Å²) in [6, 6.07) is 14.1. The van der Waals surface area contributed by atoms with Crippen LogP contribution < -0.4 is 15.8 Å². The van der Waals surface area contributed by atoms with Gasteiger partial charge in [0.15, 0.2) is 0 Å². The summed E-state index contributed by atoms with van der Waals surface area (Å²) in [5.74, 6) is 0.869. The van der Waals surface area contributed by atoms with Gasteiger partial charge in [-0.15, -0.1) is 0 Å². The average molecular weight is 242 g/mol. The molecule has 0 saturated heterocycles. The second-order valence-electron chi connectivity index (χ2n) is 4.21. The SMILES string of the molecule is COc1ccc(Nc2cccc(CN)c2)c(C)c1. The number of rotatable bonds is 4. The van der Waals surface area contributed by atoms with Gasteiger partial charge in [0.25, 0.3) is 0 Å². The maximum Gasteiger partial charge on any atom is 0.119 e. The van der Waals surface area contributed by atoms with E-state index in [4.69, 9.17) is 10.5 Å². The molecule has 94 valence electrons. The first-order valence-corrected chi connectivity index (χ1v) is 5.93. The lowest BCUT2D eigenvalue weighted by Gasteiger charge is -2.11. The van der Waals surface area contributed by atoms with E-state index in [-0.39, 0.29) is 0 Å². The fraction of sp³-hybridized carbons (Fsp3) is 0.200. The number of hydrogen-bond acceptors (Lipinski definition) is 3. The number of benzene rings is 2. The molecule has 3 N–H and O–H groups in total. The molecular formula is C15H18N2O. The third kappa shape index (κ3) is 2.81. The molecule has 2 rings (SSSR count). The Morgan fingerprint density at radius 3 is 2.67 bits per heavy atom. The van der Waals surface area contributed by atoms with Crippen LogP contribution in [0.4, 0.5) is 11.4 Å². The fourth-order valence-electron chi connectivity index (χ4n) is 1.83. The molecular weight excluding hydrogens is 224 g/mol. The van der Waals surface area contributed by atoms with Gasteiger partial charge in [0.2, 0.25) is 0 Å². The van der Waals surface area contributed by atoms with Crippen molar-refractivity contribution in [3.8, 4) is 5.75 Å². The first kappa shape index (κ1) is 12.5. The van der Waals surface area contributed by atoms with Crippen molar-refractivity contribution < 1.29 is 4.74 Å². The maximum absolute atomic E-state index is 5.64. The van der Waals surface area contributed by atoms with Gasteiger partial charge in [-0.2, -0.15) is 0 Å². The van der Waals surface area contributed by atoms with Gasteiger partial charge < -0.3 is 15.8 Å². The fourth-order valence-corrected chi connectivity index (χ4v) is 1.83. The van der Waals surface area contributed by atoms with Crippen molar-refractivity contribution in [2.24, 2.45) is 5.73 Å². The Kier molecular flexibility index (Phi) is 3.85. The van der Waals surface area contributed by atoms with Gasteiger partial charge in [0.1, 0.15) is 5.75 Å². The molecule has 3 heteroatoms. The lowest BCUT2D eigenvalue weighted by atomic mass is 10.1. The maximum atomic E-state index is 5.64. The Labute approximate surface area is 108 Å². The van der Waals surface area contributed by atoms with Crippen molar-refractivity contribution in [1.29, 1.82) is 0 Å². The predicted molar refractivity (Wildman–Crippen MR) is 75.3 cm³/mol. The molecule has 2 aromatic carbocycles. The van der Waals surface area contributed by atoms with Crippen LogP contribution in [0.25, 0.3) is 0 Å². The summed E-state index contributed by atoms with van der Waals surface area (Å²) in [6.45, 7) is 2.61. The minimum Gasteiger partial charge on any atom is -0.497 e. The normalized spacial score (nSPS) is 10.2. The van der Waals surface area contributed by atoms with Crippen molar-refractivity contribution in [2.45, 2.75) is 13.5 Å². The van der Waals surface area contributed by atoms with Crippen LogP contribution in [0.3, 0.4) is 0 Å². The first-order chi connectivity index (χ1) is 8.72. The van der Waals surface area contributed by atoms with E-state index in [0.717, 1.165) is 28.3 Å². The van der Waals surface area contributed by atoms with Crippen LogP contribution in [0, 0.1) is 6.92 Å². The first-order valence-electron chi connectivity index (χ1n) is 5.93. The van der Waals surface area contributed by atoms with Crippen LogP contribution in [0.1, 0.15) is 11.1 Å². The summed E-state index contributed by atoms with van der Waals surface area (Å²) >= 11 is 0. The van der Waals surface area contributed by atoms with Gasteiger partial charge in [-0.25, -0.2) is 0 Å². The highest BCUT2D eigenvalue weighted by Gasteiger charge is 2.01. The van der Waals surface area contributed by atoms with E-state index in [2.05, 4.69) is 18.3 Å². The Bertz CT molecular complexity index is 538. The Balaban J connectivity index is 2.22. The van der Waals surface area contributed by atoms with Gasteiger partial charge >= 0.3 is 0 Å². The van der Waals surface area contributed by atoms with Crippen LogP contribution >= 0.6 is 0 Å². The third-order valence-electron chi connectivity index (χ3n) is 2.88. The summed E-state index contributed by atoms with van der Waals surface area (Å²) < 4.78 is 5.19. The summed E-state index contributed by atoms with van der Waals surface area (Å²) in [5.41, 5.74) is 10.0. The topological polar surface area (TPSA) is 47.3 Å². The molecule has 0 heterocycles. The zero-order valence-corrected chi connectivity index (χ0v) is 10.7. The monoisotopic (exact) mass is 242 g/mol. The number of nitrogens with two attached hydrogens (primary N) is 1. The molecule has 3 nitrogen and oxygen atoms in total. The smallest absolute Gasteiger partial charge is 0.119 e. The molecule has 0 unspecified atom stereocenters. The summed E-state index contributed by atoms with van der Waals surface area (Å²) in [7, 11) is 1.67. The zero-order valence-electron chi connectivity index (χ0n) is 10.7. The molecule has 0 saturated carbocycles. The standard InChI is InChI=1S/C15H18N2O/c1-11-8-14(18-2)6-7-15(11)17-13-5-3-4-12(9-13)10-16/h3-9,17H,10,16H2,1-2H3. The van der Waals surface area contributed by atoms with Gasteiger partial charge in [0, 0.05) is 17.9 Å². The summed E-state index contributed by atoms with van der Waals surface area (Å²) in [6.07, 6.45) is 0. The van der Waals surface area contributed by atoms with E-state index < -0.39 is 0 Å². The van der Waals surface area contributed by atoms with Crippen molar-refractivity contribution in [3.05, 3.63) is 53.6 Å². The van der Waals surface area contributed by atoms with Crippen LogP contribution in [-0.4, -0.2) is 7.11 Å². The van der Waals surface area contributed by atoms with E-state index in [1.54, 1.807) is 7.11 Å². The number of anilines is 2. The summed E-state index contributed by atoms with van der Waals surface area (Å²) in [5, 5.41) is 3.39. The van der Waals surface area contributed by atoms with Crippen LogP contribution in [-0.2, 0) is 6.54 Å². The minimum atomic E-state index is 0.553. The van der Waals surface area contributed by atoms with Crippen LogP contribution in [0.5, 0.6) is 5.75 Å². The number of nitrogens with one attached hydrogen (secondary N) is 1. The Morgan fingerprint density at radius 2 is 2.00 bits per heavy atom. The Hall–Kier alpha value is -2.00. The van der Waals surface area contributed by atoms with E-state index in [1.807, 2.05) is 36.4 Å². The second kappa shape index (κ2) is 5.56. The summed E-state index contributed by atoms with van der Waals surface area (Å²) in [4.78, 5) is 0. The van der Waals surface area contributed by atoms with Crippen molar-refractivity contribution >= 4 is 11.4 Å². The van der Waals surface area contributed by atoms with Crippen LogP contribution in [0.2, 0.25) is 0 Å². The Morgan fingerprint density at radius 1 is 1.17 bits per heavy atom. The molecule has 0 aliphatic heterocycles. The van der Waals surface area contributed by atoms with Gasteiger partial charge in [-0.1, -0.05) is 12.1 Å². The second-order valence-corrected chi connectivity index (χ2v) is 4.21. The molecule has 0 fully saturated rings. The van der Waals surface area contributed by atoms with E-state index in [9.17, 15) is 0 Å². The average Bonchev–Trinajstić information content (AvgIpc) is 2.41. The van der Waals surface area contributed by atoms with E-state index >= 15 is 0 Å². The highest BCUT2D eigenvalue weighted by Crippen LogP contribution is 2.24. The van der Waals surface area contributed by atoms with Gasteiger partial charge in [-0.05, 0) is 48.4 Å². The van der Waals surface area contributed by atoms with Crippen molar-refractivity contribution in [2.75, 3.05) is 12.4 Å². The highest BCUT2D eigenvalue weighted by atomic mass is 16.5. The largest absolute Gasteiger partial charge is 0.497 e. The molecule has 0 amide bonds. The highest BCUT2D eigenvalue weighted by molar-refractivity contribution is 5.64. The van der Waals surface area contributed by atoms with Crippen molar-refractivity contribution in [3.63, 3.8) is 0 Å². The minimum absolute atomic E-state index is 0.553. The number of ether oxygens (including phenoxy) is 1. The molecule has 0 atom stereocenters. The molecule has 0 aliphatic carbocycles. The molecule has 18 heavy (non-hydrogen) atoms. The van der Waals surface area contributed by atoms with Crippen LogP contribution in [0.15, 0.2) is 42.5 Å². The molecule has 0 spiro atoms. The van der Waals surface area contributed by atoms with E-state index in [0.29, 0.717) is 6.54 Å². The molecule has 0 aliphatic rings. The number of methoxy groups -OCH3 is 1. The predicted octanol–water partition coefficient (Wildman–Crippen LogP) is 3.21. The third-order valence-corrected chi connectivity index (χ3v) is 2.88. The zero-order chi connectivity index (χ0) is 13.0. The lowest BCUT2D eigenvalue weighted by molar-refractivity contribution is 0.414. The quantitative estimate of drug-likeness (QED) is 0.865.